The van der Waals surface area contributed by atoms with Crippen molar-refractivity contribution in [3.8, 4) is 6.07 Å². The zero-order valence-corrected chi connectivity index (χ0v) is 8.62. The van der Waals surface area contributed by atoms with Gasteiger partial charge in [-0.05, 0) is 13.0 Å². The van der Waals surface area contributed by atoms with Gasteiger partial charge in [0.15, 0.2) is 0 Å². The molecule has 0 saturated carbocycles. The van der Waals surface area contributed by atoms with Gasteiger partial charge in [-0.2, -0.15) is 5.26 Å². The Morgan fingerprint density at radius 1 is 1.62 bits per heavy atom. The first-order valence-electron chi connectivity index (χ1n) is 4.29. The predicted molar refractivity (Wildman–Crippen MR) is 50.0 cm³/mol. The van der Waals surface area contributed by atoms with Crippen LogP contribution in [0.2, 0.25) is 0 Å². The molecule has 0 amide bonds. The van der Waals surface area contributed by atoms with Crippen LogP contribution >= 0.6 is 0 Å². The molecule has 0 bridgehead atoms. The second kappa shape index (κ2) is 4.66. The number of halogens is 2. The van der Waals surface area contributed by atoms with Gasteiger partial charge in [-0.3, -0.25) is 0 Å². The molecular weight excluding hydrogens is 218 g/mol. The normalized spacial score (nSPS) is 10.0. The van der Waals surface area contributed by atoms with E-state index >= 15 is 0 Å². The number of hydrogen-bond donors (Lipinski definition) is 0. The molecule has 0 unspecified atom stereocenters. The Balaban J connectivity index is 3.43. The molecule has 0 aliphatic carbocycles. The first kappa shape index (κ1) is 12.0. The Hall–Kier alpha value is -2.03. The highest BCUT2D eigenvalue weighted by Gasteiger charge is 2.19. The second-order valence-corrected chi connectivity index (χ2v) is 2.97. The van der Waals surface area contributed by atoms with E-state index in [4.69, 9.17) is 5.26 Å². The zero-order chi connectivity index (χ0) is 12.3. The maximum absolute atomic E-state index is 12.4. The quantitative estimate of drug-likeness (QED) is 0.723. The third kappa shape index (κ3) is 2.14. The molecule has 0 atom stereocenters. The number of ether oxygens (including phenoxy) is 1. The van der Waals surface area contributed by atoms with Crippen LogP contribution in [0.25, 0.3) is 0 Å². The minimum Gasteiger partial charge on any atom is -0.465 e. The third-order valence-corrected chi connectivity index (χ3v) is 2.03. The van der Waals surface area contributed by atoms with Crippen molar-refractivity contribution >= 4 is 5.97 Å². The number of rotatable bonds is 2. The monoisotopic (exact) mass is 226 g/mol. The van der Waals surface area contributed by atoms with Crippen LogP contribution < -0.4 is 0 Å². The molecule has 6 heteroatoms. The van der Waals surface area contributed by atoms with Crippen molar-refractivity contribution in [1.82, 2.24) is 4.98 Å². The summed E-state index contributed by atoms with van der Waals surface area (Å²) in [5.74, 6) is -0.765. The fourth-order valence-corrected chi connectivity index (χ4v) is 1.17. The number of methoxy groups -OCH3 is 1. The molecule has 1 aromatic heterocycles. The van der Waals surface area contributed by atoms with E-state index in [0.29, 0.717) is 0 Å². The van der Waals surface area contributed by atoms with Crippen molar-refractivity contribution in [1.29, 1.82) is 5.26 Å². The first-order chi connectivity index (χ1) is 7.51. The lowest BCUT2D eigenvalue weighted by molar-refractivity contribution is 0.0599. The van der Waals surface area contributed by atoms with Gasteiger partial charge in [0.05, 0.1) is 12.7 Å². The number of alkyl halides is 2. The highest BCUT2D eigenvalue weighted by molar-refractivity contribution is 5.91. The molecule has 1 rings (SSSR count). The number of pyridine rings is 1. The molecule has 0 saturated heterocycles. The van der Waals surface area contributed by atoms with Gasteiger partial charge in [0, 0.05) is 5.56 Å². The van der Waals surface area contributed by atoms with E-state index in [1.165, 1.54) is 6.92 Å². The molecule has 0 radical (unpaired) electrons. The van der Waals surface area contributed by atoms with Gasteiger partial charge in [0.1, 0.15) is 17.5 Å². The summed E-state index contributed by atoms with van der Waals surface area (Å²) >= 11 is 0. The number of nitriles is 1. The van der Waals surface area contributed by atoms with Crippen LogP contribution in [0.5, 0.6) is 0 Å². The van der Waals surface area contributed by atoms with E-state index in [-0.39, 0.29) is 16.8 Å². The molecule has 0 N–H and O–H groups in total. The lowest BCUT2D eigenvalue weighted by atomic mass is 10.1. The average molecular weight is 226 g/mol. The summed E-state index contributed by atoms with van der Waals surface area (Å²) in [5.41, 5.74) is -0.635. The molecular formula is C10H8F2N2O2. The molecule has 4 nitrogen and oxygen atoms in total. The lowest BCUT2D eigenvalue weighted by Crippen LogP contribution is -2.08. The van der Waals surface area contributed by atoms with Crippen LogP contribution in [-0.4, -0.2) is 18.1 Å². The highest BCUT2D eigenvalue weighted by atomic mass is 19.3. The van der Waals surface area contributed by atoms with Gasteiger partial charge in [0.25, 0.3) is 6.43 Å². The molecule has 84 valence electrons. The standard InChI is InChI=1S/C10H8F2N2O2/c1-5-6(10(15)16-2)3-7(9(11)12)14-8(5)4-13/h3,9H,1-2H3. The van der Waals surface area contributed by atoms with Gasteiger partial charge >= 0.3 is 5.97 Å². The number of hydrogen-bond acceptors (Lipinski definition) is 4. The molecule has 16 heavy (non-hydrogen) atoms. The van der Waals surface area contributed by atoms with E-state index in [0.717, 1.165) is 13.2 Å². The van der Waals surface area contributed by atoms with Crippen molar-refractivity contribution in [3.05, 3.63) is 28.6 Å². The smallest absolute Gasteiger partial charge is 0.338 e. The first-order valence-corrected chi connectivity index (χ1v) is 4.29. The summed E-state index contributed by atoms with van der Waals surface area (Å²) in [6.45, 7) is 1.45. The van der Waals surface area contributed by atoms with Crippen molar-refractivity contribution in [2.45, 2.75) is 13.3 Å². The number of aromatic nitrogens is 1. The SMILES string of the molecule is COC(=O)c1cc(C(F)F)nc(C#N)c1C. The summed E-state index contributed by atoms with van der Waals surface area (Å²) in [6, 6.07) is 2.59. The lowest BCUT2D eigenvalue weighted by Gasteiger charge is -2.07. The van der Waals surface area contributed by atoms with Crippen LogP contribution in [0, 0.1) is 18.3 Å². The average Bonchev–Trinajstić information content (AvgIpc) is 2.28. The summed E-state index contributed by atoms with van der Waals surface area (Å²) in [6.07, 6.45) is -2.84. The zero-order valence-electron chi connectivity index (χ0n) is 8.62. The molecule has 1 heterocycles. The molecule has 0 fully saturated rings. The van der Waals surface area contributed by atoms with Crippen molar-refractivity contribution < 1.29 is 18.3 Å². The van der Waals surface area contributed by atoms with E-state index < -0.39 is 18.1 Å². The summed E-state index contributed by atoms with van der Waals surface area (Å²) in [4.78, 5) is 14.7. The number of esters is 1. The minimum absolute atomic E-state index is 0.0654. The van der Waals surface area contributed by atoms with Crippen molar-refractivity contribution in [2.75, 3.05) is 7.11 Å². The van der Waals surface area contributed by atoms with E-state index in [1.807, 2.05) is 0 Å². The van der Waals surface area contributed by atoms with Gasteiger partial charge in [0.2, 0.25) is 0 Å². The topological polar surface area (TPSA) is 63.0 Å². The van der Waals surface area contributed by atoms with Crippen LogP contribution in [0.1, 0.15) is 33.7 Å². The van der Waals surface area contributed by atoms with Crippen LogP contribution in [0.4, 0.5) is 8.78 Å². The number of carbonyl (C=O) groups is 1. The van der Waals surface area contributed by atoms with Crippen LogP contribution in [0.15, 0.2) is 6.07 Å². The van der Waals surface area contributed by atoms with E-state index in [2.05, 4.69) is 9.72 Å². The molecule has 0 aliphatic heterocycles. The molecule has 0 aliphatic rings. The van der Waals surface area contributed by atoms with Gasteiger partial charge in [-0.1, -0.05) is 0 Å². The van der Waals surface area contributed by atoms with Crippen LogP contribution in [-0.2, 0) is 4.74 Å². The Morgan fingerprint density at radius 3 is 2.69 bits per heavy atom. The summed E-state index contributed by atoms with van der Waals surface area (Å²) in [7, 11) is 1.14. The maximum atomic E-state index is 12.4. The van der Waals surface area contributed by atoms with E-state index in [9.17, 15) is 13.6 Å². The summed E-state index contributed by atoms with van der Waals surface area (Å²) < 4.78 is 29.3. The third-order valence-electron chi connectivity index (χ3n) is 2.03. The maximum Gasteiger partial charge on any atom is 0.338 e. The van der Waals surface area contributed by atoms with Gasteiger partial charge < -0.3 is 4.74 Å². The minimum atomic E-state index is -2.84. The van der Waals surface area contributed by atoms with Crippen molar-refractivity contribution in [3.63, 3.8) is 0 Å². The Labute approximate surface area is 90.5 Å². The predicted octanol–water partition coefficient (Wildman–Crippen LogP) is 1.99. The Kier molecular flexibility index (Phi) is 3.51. The Bertz CT molecular complexity index is 467. The molecule has 0 spiro atoms. The second-order valence-electron chi connectivity index (χ2n) is 2.97. The highest BCUT2D eigenvalue weighted by Crippen LogP contribution is 2.21. The molecule has 0 aromatic carbocycles. The van der Waals surface area contributed by atoms with Gasteiger partial charge in [-0.15, -0.1) is 0 Å². The summed E-state index contributed by atoms with van der Waals surface area (Å²) in [5, 5.41) is 8.69. The fraction of sp³-hybridized carbons (Fsp3) is 0.300. The van der Waals surface area contributed by atoms with Gasteiger partial charge in [-0.25, -0.2) is 18.6 Å². The number of carbonyl (C=O) groups excluding carboxylic acids is 1. The molecule has 1 aromatic rings. The van der Waals surface area contributed by atoms with Crippen molar-refractivity contribution in [2.24, 2.45) is 0 Å². The number of nitrogens with zero attached hydrogens (tertiary/aromatic N) is 2. The Morgan fingerprint density at radius 2 is 2.25 bits per heavy atom. The fourth-order valence-electron chi connectivity index (χ4n) is 1.17. The van der Waals surface area contributed by atoms with E-state index in [1.54, 1.807) is 6.07 Å². The largest absolute Gasteiger partial charge is 0.465 e. The van der Waals surface area contributed by atoms with Crippen LogP contribution in [0.3, 0.4) is 0 Å².